The molecule has 4 nitrogen and oxygen atoms in total. The van der Waals surface area contributed by atoms with Gasteiger partial charge in [0, 0.05) is 17.4 Å². The van der Waals surface area contributed by atoms with E-state index in [2.05, 4.69) is 6.92 Å². The van der Waals surface area contributed by atoms with Crippen LogP contribution < -0.4 is 0 Å². The lowest BCUT2D eigenvalue weighted by atomic mass is 9.88. The average molecular weight is 290 g/mol. The van der Waals surface area contributed by atoms with Crippen LogP contribution in [0.15, 0.2) is 30.3 Å². The summed E-state index contributed by atoms with van der Waals surface area (Å²) in [6.07, 6.45) is 2.93. The fourth-order valence-corrected chi connectivity index (χ4v) is 3.51. The predicted molar refractivity (Wildman–Crippen MR) is 76.6 cm³/mol. The van der Waals surface area contributed by atoms with Gasteiger partial charge in [0.2, 0.25) is 5.79 Å². The number of benzene rings is 1. The zero-order valence-corrected chi connectivity index (χ0v) is 12.5. The minimum Gasteiger partial charge on any atom is -0.345 e. The third kappa shape index (κ3) is 1.97. The van der Waals surface area contributed by atoms with Gasteiger partial charge in [-0.3, -0.25) is 0 Å². The molecule has 4 heterocycles. The second-order valence-corrected chi connectivity index (χ2v) is 6.72. The SMILES string of the molecule is CC12COC(c3ccccc3)(OC1)[C@@]1(CCCCO1)OC2. The number of hydrogen-bond donors (Lipinski definition) is 0. The van der Waals surface area contributed by atoms with E-state index < -0.39 is 11.6 Å². The van der Waals surface area contributed by atoms with E-state index in [-0.39, 0.29) is 5.41 Å². The topological polar surface area (TPSA) is 36.9 Å². The lowest BCUT2D eigenvalue weighted by Gasteiger charge is -2.50. The highest BCUT2D eigenvalue weighted by molar-refractivity contribution is 5.25. The van der Waals surface area contributed by atoms with Crippen molar-refractivity contribution in [1.29, 1.82) is 0 Å². The quantitative estimate of drug-likeness (QED) is 0.797. The maximum Gasteiger partial charge on any atom is 0.251 e. The molecule has 1 aromatic rings. The Labute approximate surface area is 125 Å². The molecule has 114 valence electrons. The molecule has 0 N–H and O–H groups in total. The first-order valence-corrected chi connectivity index (χ1v) is 7.80. The van der Waals surface area contributed by atoms with Crippen LogP contribution in [0.25, 0.3) is 0 Å². The monoisotopic (exact) mass is 290 g/mol. The molecule has 0 aliphatic carbocycles. The van der Waals surface area contributed by atoms with Gasteiger partial charge >= 0.3 is 0 Å². The third-order valence-electron chi connectivity index (χ3n) is 4.79. The van der Waals surface area contributed by atoms with E-state index in [0.29, 0.717) is 26.4 Å². The minimum atomic E-state index is -0.940. The Bertz CT molecular complexity index is 499. The zero-order valence-electron chi connectivity index (χ0n) is 12.5. The fraction of sp³-hybridized carbons (Fsp3) is 0.647. The second kappa shape index (κ2) is 4.78. The standard InChI is InChI=1S/C17H22O4/c1-15-11-19-16(9-5-6-10-18-16)17(20-12-15,21-13-15)14-7-3-2-4-8-14/h2-4,7-8H,5-6,9-13H2,1H3/t15?,16-,17?/m1/s1. The molecule has 0 radical (unpaired) electrons. The van der Waals surface area contributed by atoms with Crippen molar-refractivity contribution < 1.29 is 18.9 Å². The van der Waals surface area contributed by atoms with Crippen molar-refractivity contribution in [2.45, 2.75) is 37.8 Å². The molecule has 0 saturated carbocycles. The van der Waals surface area contributed by atoms with Crippen LogP contribution >= 0.6 is 0 Å². The third-order valence-corrected chi connectivity index (χ3v) is 4.79. The Hall–Kier alpha value is -0.940. The first-order chi connectivity index (χ1) is 10.2. The molecule has 1 atom stereocenters. The zero-order chi connectivity index (χ0) is 14.4. The first kappa shape index (κ1) is 13.7. The molecule has 5 rings (SSSR count). The molecule has 1 aromatic carbocycles. The fourth-order valence-electron chi connectivity index (χ4n) is 3.51. The van der Waals surface area contributed by atoms with Crippen LogP contribution in [-0.4, -0.2) is 32.2 Å². The molecule has 4 heteroatoms. The van der Waals surface area contributed by atoms with Gasteiger partial charge in [0.1, 0.15) is 0 Å². The van der Waals surface area contributed by atoms with Crippen molar-refractivity contribution in [2.75, 3.05) is 26.4 Å². The van der Waals surface area contributed by atoms with Crippen molar-refractivity contribution in [3.05, 3.63) is 35.9 Å². The highest BCUT2D eigenvalue weighted by Crippen LogP contribution is 2.53. The lowest BCUT2D eigenvalue weighted by molar-refractivity contribution is -0.421. The summed E-state index contributed by atoms with van der Waals surface area (Å²) in [6.45, 7) is 4.71. The molecule has 21 heavy (non-hydrogen) atoms. The van der Waals surface area contributed by atoms with Crippen molar-refractivity contribution >= 4 is 0 Å². The van der Waals surface area contributed by atoms with E-state index in [1.807, 2.05) is 30.3 Å². The summed E-state index contributed by atoms with van der Waals surface area (Å²) in [5.41, 5.74) is 0.888. The summed E-state index contributed by atoms with van der Waals surface area (Å²) >= 11 is 0. The van der Waals surface area contributed by atoms with E-state index in [1.165, 1.54) is 0 Å². The van der Waals surface area contributed by atoms with E-state index in [0.717, 1.165) is 24.8 Å². The molecule has 4 saturated heterocycles. The van der Waals surface area contributed by atoms with E-state index >= 15 is 0 Å². The number of hydrogen-bond acceptors (Lipinski definition) is 4. The first-order valence-electron chi connectivity index (χ1n) is 7.80. The van der Waals surface area contributed by atoms with Crippen LogP contribution in [0, 0.1) is 5.41 Å². The summed E-state index contributed by atoms with van der Waals surface area (Å²) < 4.78 is 25.1. The number of rotatable bonds is 1. The van der Waals surface area contributed by atoms with Crippen LogP contribution in [0.2, 0.25) is 0 Å². The molecule has 4 fully saturated rings. The second-order valence-electron chi connectivity index (χ2n) is 6.72. The van der Waals surface area contributed by atoms with Crippen LogP contribution in [0.4, 0.5) is 0 Å². The summed E-state index contributed by atoms with van der Waals surface area (Å²) in [5, 5.41) is 0. The van der Waals surface area contributed by atoms with Crippen LogP contribution in [0.1, 0.15) is 31.7 Å². The van der Waals surface area contributed by atoms with Crippen molar-refractivity contribution in [3.63, 3.8) is 0 Å². The Morgan fingerprint density at radius 3 is 2.24 bits per heavy atom. The summed E-state index contributed by atoms with van der Waals surface area (Å²) in [6, 6.07) is 10.1. The largest absolute Gasteiger partial charge is 0.345 e. The van der Waals surface area contributed by atoms with Gasteiger partial charge in [-0.1, -0.05) is 37.3 Å². The van der Waals surface area contributed by atoms with Gasteiger partial charge in [0.15, 0.2) is 0 Å². The lowest BCUT2D eigenvalue weighted by Crippen LogP contribution is -2.60. The summed E-state index contributed by atoms with van der Waals surface area (Å²) in [4.78, 5) is 0. The van der Waals surface area contributed by atoms with Gasteiger partial charge in [-0.2, -0.15) is 0 Å². The van der Waals surface area contributed by atoms with Gasteiger partial charge in [0.05, 0.1) is 26.4 Å². The molecular weight excluding hydrogens is 268 g/mol. The number of fused-ring (bicyclic) bond motifs is 3. The van der Waals surface area contributed by atoms with Crippen LogP contribution in [0.3, 0.4) is 0 Å². The number of ether oxygens (including phenoxy) is 4. The molecule has 0 aromatic heterocycles. The average Bonchev–Trinajstić information content (AvgIpc) is 2.74. The summed E-state index contributed by atoms with van der Waals surface area (Å²) in [7, 11) is 0. The van der Waals surface area contributed by atoms with Crippen LogP contribution in [0.5, 0.6) is 0 Å². The van der Waals surface area contributed by atoms with Crippen LogP contribution in [-0.2, 0) is 24.7 Å². The van der Waals surface area contributed by atoms with Crippen molar-refractivity contribution in [1.82, 2.24) is 0 Å². The molecule has 0 amide bonds. The smallest absolute Gasteiger partial charge is 0.251 e. The van der Waals surface area contributed by atoms with E-state index in [4.69, 9.17) is 18.9 Å². The van der Waals surface area contributed by atoms with Gasteiger partial charge in [-0.05, 0) is 12.8 Å². The Morgan fingerprint density at radius 1 is 0.857 bits per heavy atom. The van der Waals surface area contributed by atoms with Crippen molar-refractivity contribution in [3.8, 4) is 0 Å². The molecular formula is C17H22O4. The van der Waals surface area contributed by atoms with E-state index in [9.17, 15) is 0 Å². The maximum absolute atomic E-state index is 6.31. The Balaban J connectivity index is 1.83. The predicted octanol–water partition coefficient (Wildman–Crippen LogP) is 2.82. The molecule has 4 aliphatic rings. The molecule has 0 unspecified atom stereocenters. The highest BCUT2D eigenvalue weighted by Gasteiger charge is 2.64. The normalized spacial score (nSPS) is 42.9. The molecule has 1 spiro atoms. The van der Waals surface area contributed by atoms with Gasteiger partial charge in [0.25, 0.3) is 5.79 Å². The maximum atomic E-state index is 6.31. The molecule has 2 bridgehead atoms. The molecule has 4 aliphatic heterocycles. The Kier molecular flexibility index (Phi) is 3.12. The highest BCUT2D eigenvalue weighted by atomic mass is 16.8. The van der Waals surface area contributed by atoms with E-state index in [1.54, 1.807) is 0 Å². The summed E-state index contributed by atoms with van der Waals surface area (Å²) in [5.74, 6) is -1.76. The van der Waals surface area contributed by atoms with Crippen molar-refractivity contribution in [2.24, 2.45) is 5.41 Å². The van der Waals surface area contributed by atoms with Gasteiger partial charge in [-0.15, -0.1) is 0 Å². The minimum absolute atomic E-state index is 0.0947. The van der Waals surface area contributed by atoms with Gasteiger partial charge < -0.3 is 18.9 Å². The Morgan fingerprint density at radius 2 is 1.57 bits per heavy atom. The van der Waals surface area contributed by atoms with Gasteiger partial charge in [-0.25, -0.2) is 0 Å².